The molecular weight excluding hydrogens is 304 g/mol. The molecule has 0 aliphatic carbocycles. The van der Waals surface area contributed by atoms with Crippen molar-refractivity contribution < 1.29 is 14.7 Å². The summed E-state index contributed by atoms with van der Waals surface area (Å²) in [4.78, 5) is 22.3. The predicted molar refractivity (Wildman–Crippen MR) is 70.7 cm³/mol. The molecule has 2 rings (SSSR count). The molecule has 1 aromatic heterocycles. The average molecular weight is 313 g/mol. The van der Waals surface area contributed by atoms with E-state index in [9.17, 15) is 9.59 Å². The maximum Gasteiger partial charge on any atom is 0.303 e. The Hall–Kier alpha value is -1.20. The molecule has 0 amide bonds. The third-order valence-electron chi connectivity index (χ3n) is 2.42. The van der Waals surface area contributed by atoms with Gasteiger partial charge in [0.05, 0.1) is 6.42 Å². The van der Waals surface area contributed by atoms with E-state index in [-0.39, 0.29) is 18.6 Å². The molecule has 0 aliphatic heterocycles. The first kappa shape index (κ1) is 12.3. The number of Topliss-reactive ketones (excluding diaryl/α,β-unsaturated/α-hetero) is 1. The van der Waals surface area contributed by atoms with Gasteiger partial charge in [0.25, 0.3) is 0 Å². The van der Waals surface area contributed by atoms with E-state index in [0.717, 1.165) is 14.6 Å². The monoisotopic (exact) mass is 312 g/mol. The van der Waals surface area contributed by atoms with Gasteiger partial charge >= 0.3 is 5.97 Å². The Morgan fingerprint density at radius 2 is 2.06 bits per heavy atom. The van der Waals surface area contributed by atoms with Gasteiger partial charge in [-0.2, -0.15) is 0 Å². The summed E-state index contributed by atoms with van der Waals surface area (Å²) in [6.45, 7) is 0. The Balaban J connectivity index is 2.33. The van der Waals surface area contributed by atoms with Crippen LogP contribution in [0, 0.1) is 0 Å². The molecule has 0 atom stereocenters. The smallest absolute Gasteiger partial charge is 0.303 e. The normalized spacial score (nSPS) is 10.6. The van der Waals surface area contributed by atoms with Crippen LogP contribution in [0.5, 0.6) is 0 Å². The fourth-order valence-electron chi connectivity index (χ4n) is 1.59. The van der Waals surface area contributed by atoms with Crippen molar-refractivity contribution in [1.82, 2.24) is 0 Å². The molecular formula is C12H9BrO3S. The number of halogens is 1. The van der Waals surface area contributed by atoms with Gasteiger partial charge < -0.3 is 5.11 Å². The maximum absolute atomic E-state index is 11.9. The van der Waals surface area contributed by atoms with Crippen LogP contribution in [-0.2, 0) is 4.79 Å². The molecule has 0 radical (unpaired) electrons. The van der Waals surface area contributed by atoms with Crippen LogP contribution >= 0.6 is 27.3 Å². The first-order valence-corrected chi connectivity index (χ1v) is 6.67. The van der Waals surface area contributed by atoms with Crippen LogP contribution in [0.2, 0.25) is 0 Å². The second kappa shape index (κ2) is 4.98. The Morgan fingerprint density at radius 3 is 2.76 bits per heavy atom. The average Bonchev–Trinajstić information content (AvgIpc) is 2.71. The van der Waals surface area contributed by atoms with E-state index in [1.165, 1.54) is 11.3 Å². The number of aliphatic carboxylic acids is 1. The molecule has 88 valence electrons. The van der Waals surface area contributed by atoms with Gasteiger partial charge in [-0.15, -0.1) is 11.3 Å². The second-order valence-electron chi connectivity index (χ2n) is 3.58. The van der Waals surface area contributed by atoms with Crippen LogP contribution in [-0.4, -0.2) is 16.9 Å². The molecule has 3 nitrogen and oxygen atoms in total. The molecule has 1 N–H and O–H groups in total. The van der Waals surface area contributed by atoms with E-state index in [2.05, 4.69) is 15.9 Å². The number of benzene rings is 1. The SMILES string of the molecule is O=C(O)CCC(=O)c1csc2c(Br)cccc12. The van der Waals surface area contributed by atoms with E-state index >= 15 is 0 Å². The number of thiophene rings is 1. The van der Waals surface area contributed by atoms with Crippen molar-refractivity contribution in [2.75, 3.05) is 0 Å². The number of hydrogen-bond acceptors (Lipinski definition) is 3. The highest BCUT2D eigenvalue weighted by Crippen LogP contribution is 2.32. The Labute approximate surface area is 110 Å². The lowest BCUT2D eigenvalue weighted by atomic mass is 10.1. The van der Waals surface area contributed by atoms with Gasteiger partial charge in [-0.25, -0.2) is 0 Å². The molecule has 0 fully saturated rings. The van der Waals surface area contributed by atoms with Crippen LogP contribution in [0.4, 0.5) is 0 Å². The summed E-state index contributed by atoms with van der Waals surface area (Å²) < 4.78 is 1.98. The van der Waals surface area contributed by atoms with E-state index < -0.39 is 5.97 Å². The lowest BCUT2D eigenvalue weighted by Gasteiger charge is -1.98. The van der Waals surface area contributed by atoms with Gasteiger partial charge in [-0.05, 0) is 22.0 Å². The number of carboxylic acid groups (broad SMARTS) is 1. The van der Waals surface area contributed by atoms with Crippen molar-refractivity contribution in [3.05, 3.63) is 33.6 Å². The number of hydrogen-bond donors (Lipinski definition) is 1. The minimum absolute atomic E-state index is 0.0493. The first-order valence-electron chi connectivity index (χ1n) is 5.00. The summed E-state index contributed by atoms with van der Waals surface area (Å²) in [5.41, 5.74) is 0.618. The highest BCUT2D eigenvalue weighted by atomic mass is 79.9. The zero-order chi connectivity index (χ0) is 12.4. The largest absolute Gasteiger partial charge is 0.481 e. The molecule has 0 unspecified atom stereocenters. The molecule has 0 saturated carbocycles. The van der Waals surface area contributed by atoms with E-state index in [1.807, 2.05) is 18.2 Å². The van der Waals surface area contributed by atoms with Crippen molar-refractivity contribution in [3.63, 3.8) is 0 Å². The molecule has 0 spiro atoms. The summed E-state index contributed by atoms with van der Waals surface area (Å²) in [7, 11) is 0. The van der Waals surface area contributed by atoms with Crippen molar-refractivity contribution in [3.8, 4) is 0 Å². The van der Waals surface area contributed by atoms with Crippen LogP contribution in [0.3, 0.4) is 0 Å². The van der Waals surface area contributed by atoms with Crippen molar-refractivity contribution in [1.29, 1.82) is 0 Å². The molecule has 0 saturated heterocycles. The fraction of sp³-hybridized carbons (Fsp3) is 0.167. The number of carbonyl (C=O) groups is 2. The van der Waals surface area contributed by atoms with Crippen LogP contribution < -0.4 is 0 Å². The van der Waals surface area contributed by atoms with Crippen molar-refractivity contribution in [2.24, 2.45) is 0 Å². The zero-order valence-corrected chi connectivity index (χ0v) is 11.2. The van der Waals surface area contributed by atoms with E-state index in [4.69, 9.17) is 5.11 Å². The lowest BCUT2D eigenvalue weighted by Crippen LogP contribution is -2.02. The highest BCUT2D eigenvalue weighted by molar-refractivity contribution is 9.10. The van der Waals surface area contributed by atoms with Gasteiger partial charge in [0, 0.05) is 31.9 Å². The topological polar surface area (TPSA) is 54.4 Å². The second-order valence-corrected chi connectivity index (χ2v) is 5.32. The summed E-state index contributed by atoms with van der Waals surface area (Å²) in [6, 6.07) is 5.67. The summed E-state index contributed by atoms with van der Waals surface area (Å²) in [5.74, 6) is -1.06. The van der Waals surface area contributed by atoms with Gasteiger partial charge in [0.2, 0.25) is 0 Å². The number of rotatable bonds is 4. The Morgan fingerprint density at radius 1 is 1.29 bits per heavy atom. The van der Waals surface area contributed by atoms with Crippen LogP contribution in [0.1, 0.15) is 23.2 Å². The summed E-state index contributed by atoms with van der Waals surface area (Å²) in [5, 5.41) is 11.2. The van der Waals surface area contributed by atoms with E-state index in [1.54, 1.807) is 5.38 Å². The van der Waals surface area contributed by atoms with Crippen LogP contribution in [0.15, 0.2) is 28.1 Å². The predicted octanol–water partition coefficient (Wildman–Crippen LogP) is 3.71. The Bertz CT molecular complexity index is 588. The Kier molecular flexibility index (Phi) is 3.59. The number of carboxylic acids is 1. The first-order chi connectivity index (χ1) is 8.09. The molecule has 0 bridgehead atoms. The third kappa shape index (κ3) is 2.56. The molecule has 1 aromatic carbocycles. The van der Waals surface area contributed by atoms with Gasteiger partial charge in [0.1, 0.15) is 0 Å². The standard InChI is InChI=1S/C12H9BrO3S/c13-9-3-1-2-7-8(6-17-12(7)9)10(14)4-5-11(15)16/h1-3,6H,4-5H2,(H,15,16). The summed E-state index contributed by atoms with van der Waals surface area (Å²) >= 11 is 4.91. The minimum Gasteiger partial charge on any atom is -0.481 e. The molecule has 0 aliphatic rings. The van der Waals surface area contributed by atoms with Crippen molar-refractivity contribution in [2.45, 2.75) is 12.8 Å². The summed E-state index contributed by atoms with van der Waals surface area (Å²) in [6.07, 6.45) is -0.0716. The van der Waals surface area contributed by atoms with Crippen LogP contribution in [0.25, 0.3) is 10.1 Å². The quantitative estimate of drug-likeness (QED) is 0.876. The number of fused-ring (bicyclic) bond motifs is 1. The number of carbonyl (C=O) groups excluding carboxylic acids is 1. The zero-order valence-electron chi connectivity index (χ0n) is 8.77. The number of ketones is 1. The van der Waals surface area contributed by atoms with Gasteiger partial charge in [0.15, 0.2) is 5.78 Å². The lowest BCUT2D eigenvalue weighted by molar-refractivity contribution is -0.136. The highest BCUT2D eigenvalue weighted by Gasteiger charge is 2.14. The van der Waals surface area contributed by atoms with Gasteiger partial charge in [-0.1, -0.05) is 12.1 Å². The molecule has 2 aromatic rings. The molecule has 17 heavy (non-hydrogen) atoms. The van der Waals surface area contributed by atoms with Gasteiger partial charge in [-0.3, -0.25) is 9.59 Å². The molecule has 5 heteroatoms. The minimum atomic E-state index is -0.945. The fourth-order valence-corrected chi connectivity index (χ4v) is 3.22. The molecule has 1 heterocycles. The maximum atomic E-state index is 11.9. The third-order valence-corrected chi connectivity index (χ3v) is 4.37. The van der Waals surface area contributed by atoms with Crippen molar-refractivity contribution >= 4 is 49.1 Å². The van der Waals surface area contributed by atoms with E-state index in [0.29, 0.717) is 5.56 Å².